The van der Waals surface area contributed by atoms with Crippen molar-refractivity contribution in [2.75, 3.05) is 14.2 Å². The topological polar surface area (TPSA) is 52.6 Å². The van der Waals surface area contributed by atoms with Crippen molar-refractivity contribution < 1.29 is 19.1 Å². The zero-order valence-electron chi connectivity index (χ0n) is 20.3. The van der Waals surface area contributed by atoms with Crippen LogP contribution < -0.4 is 9.47 Å². The van der Waals surface area contributed by atoms with E-state index in [1.54, 1.807) is 42.5 Å². The van der Waals surface area contributed by atoms with Crippen LogP contribution in [0.2, 0.25) is 5.02 Å². The van der Waals surface area contributed by atoms with E-state index in [0.29, 0.717) is 34.1 Å². The second kappa shape index (κ2) is 13.7. The first-order valence-corrected chi connectivity index (χ1v) is 12.5. The minimum absolute atomic E-state index is 0.0770. The summed E-state index contributed by atoms with van der Waals surface area (Å²) in [6.45, 7) is 6.22. The van der Waals surface area contributed by atoms with Crippen molar-refractivity contribution in [1.82, 2.24) is 0 Å². The molecular formula is C28H31ClO4S. The van der Waals surface area contributed by atoms with Crippen LogP contribution in [0.1, 0.15) is 61.5 Å². The Labute approximate surface area is 211 Å². The van der Waals surface area contributed by atoms with E-state index in [9.17, 15) is 9.59 Å². The number of ether oxygens (including phenoxy) is 2. The van der Waals surface area contributed by atoms with Crippen LogP contribution in [0.15, 0.2) is 53.9 Å². The lowest BCUT2D eigenvalue weighted by Crippen LogP contribution is -2.07. The van der Waals surface area contributed by atoms with Gasteiger partial charge >= 0.3 is 0 Å². The summed E-state index contributed by atoms with van der Waals surface area (Å²) in [7, 11) is 3.03. The molecule has 0 aliphatic heterocycles. The molecule has 0 saturated heterocycles. The van der Waals surface area contributed by atoms with E-state index in [-0.39, 0.29) is 11.6 Å². The van der Waals surface area contributed by atoms with Crippen molar-refractivity contribution in [3.63, 3.8) is 0 Å². The Hall–Kier alpha value is -2.89. The van der Waals surface area contributed by atoms with Crippen LogP contribution >= 0.6 is 22.9 Å². The Kier molecular flexibility index (Phi) is 11.0. The molecule has 6 heteroatoms. The Bertz CT molecular complexity index is 1150. The molecule has 180 valence electrons. The lowest BCUT2D eigenvalue weighted by atomic mass is 9.95. The van der Waals surface area contributed by atoms with E-state index in [1.165, 1.54) is 32.0 Å². The van der Waals surface area contributed by atoms with Gasteiger partial charge in [-0.15, -0.1) is 11.3 Å². The number of para-hydroxylation sites is 1. The third-order valence-electron chi connectivity index (χ3n) is 4.76. The van der Waals surface area contributed by atoms with Crippen LogP contribution in [0.3, 0.4) is 0 Å². The van der Waals surface area contributed by atoms with Gasteiger partial charge in [-0.1, -0.05) is 50.9 Å². The highest BCUT2D eigenvalue weighted by molar-refractivity contribution is 7.14. The second-order valence-electron chi connectivity index (χ2n) is 7.52. The maximum absolute atomic E-state index is 13.6. The molecule has 0 radical (unpaired) electrons. The molecule has 0 saturated carbocycles. The van der Waals surface area contributed by atoms with Crippen molar-refractivity contribution in [2.24, 2.45) is 0 Å². The predicted octanol–water partition coefficient (Wildman–Crippen LogP) is 8.12. The molecule has 0 unspecified atom stereocenters. The summed E-state index contributed by atoms with van der Waals surface area (Å²) < 4.78 is 10.8. The molecule has 0 N–H and O–H groups in total. The standard InChI is InChI=1S/C25H23ClO4S.C3H8/c1-4-6-18(27)11-9-16-13-14-31-25(16)19-12-10-17(26)15-21(19)23(28)20-7-5-8-22(29-2)24(20)30-3;1-3-2/h5,7-15H,4,6H2,1-3H3;3H2,1-2H3/b11-9+;. The lowest BCUT2D eigenvalue weighted by Gasteiger charge is -2.14. The summed E-state index contributed by atoms with van der Waals surface area (Å²) in [6, 6.07) is 12.4. The second-order valence-corrected chi connectivity index (χ2v) is 8.87. The Morgan fingerprint density at radius 2 is 1.74 bits per heavy atom. The molecule has 1 heterocycles. The monoisotopic (exact) mass is 498 g/mol. The van der Waals surface area contributed by atoms with Gasteiger partial charge < -0.3 is 9.47 Å². The summed E-state index contributed by atoms with van der Waals surface area (Å²) in [4.78, 5) is 26.4. The van der Waals surface area contributed by atoms with Crippen LogP contribution in [0, 0.1) is 0 Å². The lowest BCUT2D eigenvalue weighted by molar-refractivity contribution is -0.114. The number of hydrogen-bond donors (Lipinski definition) is 0. The molecule has 0 amide bonds. The molecular weight excluding hydrogens is 468 g/mol. The SMILES string of the molecule is CCC.CCCC(=O)/C=C/c1ccsc1-c1ccc(Cl)cc1C(=O)c1cccc(OC)c1OC. The summed E-state index contributed by atoms with van der Waals surface area (Å²) in [5.74, 6) is 0.704. The summed E-state index contributed by atoms with van der Waals surface area (Å²) in [5.41, 5.74) is 2.47. The van der Waals surface area contributed by atoms with Crippen molar-refractivity contribution >= 4 is 40.6 Å². The van der Waals surface area contributed by atoms with E-state index in [2.05, 4.69) is 13.8 Å². The van der Waals surface area contributed by atoms with E-state index in [0.717, 1.165) is 22.4 Å². The average Bonchev–Trinajstić information content (AvgIpc) is 3.30. The third kappa shape index (κ3) is 6.81. The predicted molar refractivity (Wildman–Crippen MR) is 143 cm³/mol. The van der Waals surface area contributed by atoms with Gasteiger partial charge in [-0.05, 0) is 59.8 Å². The fraction of sp³-hybridized carbons (Fsp3) is 0.286. The fourth-order valence-corrected chi connectivity index (χ4v) is 4.40. The zero-order chi connectivity index (χ0) is 25.1. The maximum atomic E-state index is 13.6. The van der Waals surface area contributed by atoms with Crippen molar-refractivity contribution in [2.45, 2.75) is 40.0 Å². The van der Waals surface area contributed by atoms with Crippen molar-refractivity contribution in [1.29, 1.82) is 0 Å². The van der Waals surface area contributed by atoms with Gasteiger partial charge in [0.05, 0.1) is 19.8 Å². The molecule has 0 aliphatic carbocycles. The first kappa shape index (κ1) is 27.4. The van der Waals surface area contributed by atoms with Gasteiger partial charge in [0.25, 0.3) is 0 Å². The minimum Gasteiger partial charge on any atom is -0.493 e. The Morgan fingerprint density at radius 3 is 2.38 bits per heavy atom. The molecule has 0 aliphatic rings. The van der Waals surface area contributed by atoms with E-state index < -0.39 is 0 Å². The van der Waals surface area contributed by atoms with E-state index >= 15 is 0 Å². The molecule has 1 aromatic heterocycles. The van der Waals surface area contributed by atoms with Crippen molar-refractivity contribution in [3.8, 4) is 21.9 Å². The molecule has 0 fully saturated rings. The number of methoxy groups -OCH3 is 2. The first-order chi connectivity index (χ1) is 16.4. The number of ketones is 2. The highest BCUT2D eigenvalue weighted by atomic mass is 35.5. The molecule has 34 heavy (non-hydrogen) atoms. The highest BCUT2D eigenvalue weighted by Gasteiger charge is 2.22. The minimum atomic E-state index is -0.223. The Balaban J connectivity index is 0.00000129. The highest BCUT2D eigenvalue weighted by Crippen LogP contribution is 2.38. The number of thiophene rings is 1. The molecule has 4 nitrogen and oxygen atoms in total. The van der Waals surface area contributed by atoms with Crippen LogP contribution in [-0.4, -0.2) is 25.8 Å². The molecule has 0 bridgehead atoms. The summed E-state index contributed by atoms with van der Waals surface area (Å²) in [5, 5.41) is 2.40. The summed E-state index contributed by atoms with van der Waals surface area (Å²) in [6.07, 6.45) is 5.96. The third-order valence-corrected chi connectivity index (χ3v) is 5.96. The number of hydrogen-bond acceptors (Lipinski definition) is 5. The molecule has 3 rings (SSSR count). The van der Waals surface area contributed by atoms with Gasteiger partial charge in [0.15, 0.2) is 23.1 Å². The van der Waals surface area contributed by atoms with Gasteiger partial charge in [0.1, 0.15) is 0 Å². The van der Waals surface area contributed by atoms with Crippen LogP contribution in [0.25, 0.3) is 16.5 Å². The van der Waals surface area contributed by atoms with Gasteiger partial charge in [-0.25, -0.2) is 0 Å². The number of allylic oxidation sites excluding steroid dienone is 1. The van der Waals surface area contributed by atoms with Crippen LogP contribution in [-0.2, 0) is 4.79 Å². The number of rotatable bonds is 9. The first-order valence-electron chi connectivity index (χ1n) is 11.3. The number of benzene rings is 2. The van der Waals surface area contributed by atoms with Gasteiger partial charge in [-0.2, -0.15) is 0 Å². The molecule has 0 spiro atoms. The molecule has 2 aromatic carbocycles. The van der Waals surface area contributed by atoms with Crippen LogP contribution in [0.4, 0.5) is 0 Å². The smallest absolute Gasteiger partial charge is 0.197 e. The molecule has 3 aromatic rings. The van der Waals surface area contributed by atoms with Gasteiger partial charge in [0.2, 0.25) is 0 Å². The number of carbonyl (C=O) groups excluding carboxylic acids is 2. The maximum Gasteiger partial charge on any atom is 0.197 e. The normalized spacial score (nSPS) is 10.5. The largest absolute Gasteiger partial charge is 0.493 e. The fourth-order valence-electron chi connectivity index (χ4n) is 3.30. The number of halogens is 1. The van der Waals surface area contributed by atoms with Gasteiger partial charge in [-0.3, -0.25) is 9.59 Å². The van der Waals surface area contributed by atoms with Gasteiger partial charge in [0, 0.05) is 27.4 Å². The summed E-state index contributed by atoms with van der Waals surface area (Å²) >= 11 is 7.76. The van der Waals surface area contributed by atoms with Crippen LogP contribution in [0.5, 0.6) is 11.5 Å². The van der Waals surface area contributed by atoms with Crippen molar-refractivity contribution in [3.05, 3.63) is 75.6 Å². The van der Waals surface area contributed by atoms with E-state index in [1.807, 2.05) is 24.4 Å². The zero-order valence-corrected chi connectivity index (χ0v) is 21.9. The Morgan fingerprint density at radius 1 is 1.00 bits per heavy atom. The molecule has 0 atom stereocenters. The van der Waals surface area contributed by atoms with E-state index in [4.69, 9.17) is 21.1 Å². The average molecular weight is 499 g/mol. The number of carbonyl (C=O) groups is 2. The quantitative estimate of drug-likeness (QED) is 0.221.